The Balaban J connectivity index is 1.83. The van der Waals surface area contributed by atoms with Crippen molar-refractivity contribution in [3.63, 3.8) is 0 Å². The summed E-state index contributed by atoms with van der Waals surface area (Å²) in [5, 5.41) is 9.39. The third-order valence-electron chi connectivity index (χ3n) is 2.78. The summed E-state index contributed by atoms with van der Waals surface area (Å²) in [5.41, 5.74) is 0. The maximum atomic E-state index is 11.5. The number of methoxy groups -OCH3 is 1. The molecule has 2 aromatic rings. The van der Waals surface area contributed by atoms with Gasteiger partial charge in [-0.1, -0.05) is 6.08 Å². The third kappa shape index (κ3) is 4.62. The van der Waals surface area contributed by atoms with Crippen LogP contribution in [-0.4, -0.2) is 34.7 Å². The molecule has 0 bridgehead atoms. The fraction of sp³-hybridized carbons (Fsp3) is 0.267. The first-order valence-electron chi connectivity index (χ1n) is 6.76. The monoisotopic (exact) mass is 302 g/mol. The van der Waals surface area contributed by atoms with E-state index < -0.39 is 0 Å². The molecule has 1 amide bonds. The van der Waals surface area contributed by atoms with E-state index in [-0.39, 0.29) is 18.9 Å². The van der Waals surface area contributed by atoms with Crippen molar-refractivity contribution < 1.29 is 14.3 Å². The van der Waals surface area contributed by atoms with Gasteiger partial charge < -0.3 is 14.8 Å². The highest BCUT2D eigenvalue weighted by Crippen LogP contribution is 2.17. The van der Waals surface area contributed by atoms with Crippen LogP contribution in [0, 0.1) is 0 Å². The fourth-order valence-corrected chi connectivity index (χ4v) is 1.69. The highest BCUT2D eigenvalue weighted by Gasteiger charge is 2.08. The van der Waals surface area contributed by atoms with Gasteiger partial charge in [-0.25, -0.2) is 4.98 Å². The van der Waals surface area contributed by atoms with Gasteiger partial charge in [0, 0.05) is 6.54 Å². The molecule has 0 aliphatic carbocycles. The number of benzene rings is 1. The number of nitrogens with one attached hydrogen (secondary N) is 2. The molecule has 1 heterocycles. The largest absolute Gasteiger partial charge is 0.497 e. The molecule has 0 atom stereocenters. The number of aromatic nitrogens is 3. The molecule has 0 aliphatic rings. The van der Waals surface area contributed by atoms with Gasteiger partial charge in [0.15, 0.2) is 11.6 Å². The zero-order chi connectivity index (χ0) is 15.8. The predicted octanol–water partition coefficient (Wildman–Crippen LogP) is 1.24. The zero-order valence-electron chi connectivity index (χ0n) is 12.3. The molecule has 2 rings (SSSR count). The molecule has 0 unspecified atom stereocenters. The molecular formula is C15H18N4O3. The molecule has 0 saturated carbocycles. The van der Waals surface area contributed by atoms with Crippen LogP contribution < -0.4 is 14.8 Å². The number of aromatic amines is 1. The Morgan fingerprint density at radius 1 is 1.36 bits per heavy atom. The molecule has 7 heteroatoms. The quantitative estimate of drug-likeness (QED) is 0.716. The molecule has 0 fully saturated rings. The van der Waals surface area contributed by atoms with Gasteiger partial charge in [-0.2, -0.15) is 5.10 Å². The van der Waals surface area contributed by atoms with E-state index in [1.807, 2.05) is 12.1 Å². The molecule has 22 heavy (non-hydrogen) atoms. The van der Waals surface area contributed by atoms with Crippen molar-refractivity contribution in [2.75, 3.05) is 13.7 Å². The lowest BCUT2D eigenvalue weighted by Gasteiger charge is -2.04. The number of carbonyl (C=O) groups is 1. The maximum Gasteiger partial charge on any atom is 0.227 e. The number of hydrogen-bond donors (Lipinski definition) is 2. The summed E-state index contributed by atoms with van der Waals surface area (Å²) in [4.78, 5) is 15.7. The van der Waals surface area contributed by atoms with Crippen LogP contribution in [0.25, 0.3) is 0 Å². The van der Waals surface area contributed by atoms with Crippen LogP contribution in [0.1, 0.15) is 11.6 Å². The minimum atomic E-state index is -0.151. The van der Waals surface area contributed by atoms with Gasteiger partial charge in [0.05, 0.1) is 13.5 Å². The Bertz CT molecular complexity index is 622. The van der Waals surface area contributed by atoms with Crippen molar-refractivity contribution in [1.29, 1.82) is 0 Å². The highest BCUT2D eigenvalue weighted by molar-refractivity contribution is 5.77. The van der Waals surface area contributed by atoms with Crippen molar-refractivity contribution >= 4 is 5.91 Å². The molecule has 0 spiro atoms. The molecule has 1 aromatic carbocycles. The number of ether oxygens (including phenoxy) is 2. The number of hydrogen-bond acceptors (Lipinski definition) is 5. The second-order valence-corrected chi connectivity index (χ2v) is 4.43. The Kier molecular flexibility index (Phi) is 5.53. The summed E-state index contributed by atoms with van der Waals surface area (Å²) >= 11 is 0. The third-order valence-corrected chi connectivity index (χ3v) is 2.78. The van der Waals surface area contributed by atoms with Crippen LogP contribution in [-0.2, 0) is 17.8 Å². The van der Waals surface area contributed by atoms with Crippen molar-refractivity contribution in [1.82, 2.24) is 20.5 Å². The van der Waals surface area contributed by atoms with Crippen LogP contribution in [0.3, 0.4) is 0 Å². The van der Waals surface area contributed by atoms with E-state index in [1.165, 1.54) is 0 Å². The van der Waals surface area contributed by atoms with Gasteiger partial charge in [0.1, 0.15) is 18.1 Å². The topological polar surface area (TPSA) is 89.1 Å². The summed E-state index contributed by atoms with van der Waals surface area (Å²) in [5.74, 6) is 2.29. The predicted molar refractivity (Wildman–Crippen MR) is 80.6 cm³/mol. The van der Waals surface area contributed by atoms with Gasteiger partial charge in [0.2, 0.25) is 5.91 Å². The van der Waals surface area contributed by atoms with E-state index in [0.717, 1.165) is 5.75 Å². The Labute approximate surface area is 128 Å². The van der Waals surface area contributed by atoms with Crippen molar-refractivity contribution in [3.8, 4) is 11.5 Å². The number of rotatable bonds is 8. The second kappa shape index (κ2) is 7.82. The standard InChI is InChI=1S/C15H18N4O3/c1-3-8-16-15(20)9-13-17-14(19-18-13)10-22-12-6-4-11(21-2)5-7-12/h3-7H,1,8-10H2,2H3,(H,16,20)(H,17,18,19). The number of carbonyl (C=O) groups excluding carboxylic acids is 1. The molecule has 2 N–H and O–H groups in total. The first-order chi connectivity index (χ1) is 10.7. The lowest BCUT2D eigenvalue weighted by Crippen LogP contribution is -2.25. The van der Waals surface area contributed by atoms with Crippen LogP contribution in [0.5, 0.6) is 11.5 Å². The van der Waals surface area contributed by atoms with Crippen LogP contribution in [0.4, 0.5) is 0 Å². The number of nitrogens with zero attached hydrogens (tertiary/aromatic N) is 2. The van der Waals surface area contributed by atoms with E-state index in [2.05, 4.69) is 27.1 Å². The smallest absolute Gasteiger partial charge is 0.227 e. The Morgan fingerprint density at radius 3 is 2.77 bits per heavy atom. The molecule has 0 aliphatic heterocycles. The average molecular weight is 302 g/mol. The van der Waals surface area contributed by atoms with Crippen LogP contribution in [0.2, 0.25) is 0 Å². The van der Waals surface area contributed by atoms with Gasteiger partial charge in [-0.15, -0.1) is 6.58 Å². The molecule has 1 aromatic heterocycles. The highest BCUT2D eigenvalue weighted by atomic mass is 16.5. The SMILES string of the molecule is C=CCNC(=O)Cc1n[nH]c(COc2ccc(OC)cc2)n1. The van der Waals surface area contributed by atoms with Crippen molar-refractivity contribution in [3.05, 3.63) is 48.6 Å². The lowest BCUT2D eigenvalue weighted by molar-refractivity contribution is -0.120. The summed E-state index contributed by atoms with van der Waals surface area (Å²) in [7, 11) is 1.61. The summed E-state index contributed by atoms with van der Waals surface area (Å²) in [6, 6.07) is 7.23. The fourth-order valence-electron chi connectivity index (χ4n) is 1.69. The summed E-state index contributed by atoms with van der Waals surface area (Å²) in [6.07, 6.45) is 1.73. The van der Waals surface area contributed by atoms with Crippen LogP contribution >= 0.6 is 0 Å². The second-order valence-electron chi connectivity index (χ2n) is 4.43. The molecule has 0 radical (unpaired) electrons. The minimum absolute atomic E-state index is 0.118. The van der Waals surface area contributed by atoms with E-state index in [4.69, 9.17) is 9.47 Å². The van der Waals surface area contributed by atoms with E-state index in [0.29, 0.717) is 23.9 Å². The molecule has 7 nitrogen and oxygen atoms in total. The van der Waals surface area contributed by atoms with Gasteiger partial charge >= 0.3 is 0 Å². The summed E-state index contributed by atoms with van der Waals surface area (Å²) < 4.78 is 10.6. The molecular weight excluding hydrogens is 284 g/mol. The first kappa shape index (κ1) is 15.6. The van der Waals surface area contributed by atoms with Crippen molar-refractivity contribution in [2.45, 2.75) is 13.0 Å². The van der Waals surface area contributed by atoms with E-state index >= 15 is 0 Å². The van der Waals surface area contributed by atoms with E-state index in [9.17, 15) is 4.79 Å². The number of H-pyrrole nitrogens is 1. The molecule has 0 saturated heterocycles. The average Bonchev–Trinajstić information content (AvgIpc) is 2.99. The van der Waals surface area contributed by atoms with Gasteiger partial charge in [-0.05, 0) is 24.3 Å². The lowest BCUT2D eigenvalue weighted by atomic mass is 10.3. The van der Waals surface area contributed by atoms with Gasteiger partial charge in [-0.3, -0.25) is 9.89 Å². The number of amides is 1. The summed E-state index contributed by atoms with van der Waals surface area (Å²) in [6.45, 7) is 4.20. The molecule has 116 valence electrons. The van der Waals surface area contributed by atoms with Crippen molar-refractivity contribution in [2.24, 2.45) is 0 Å². The normalized spacial score (nSPS) is 10.0. The Morgan fingerprint density at radius 2 is 2.09 bits per heavy atom. The first-order valence-corrected chi connectivity index (χ1v) is 6.76. The zero-order valence-corrected chi connectivity index (χ0v) is 12.3. The van der Waals surface area contributed by atoms with E-state index in [1.54, 1.807) is 25.3 Å². The van der Waals surface area contributed by atoms with Crippen LogP contribution in [0.15, 0.2) is 36.9 Å². The minimum Gasteiger partial charge on any atom is -0.497 e. The maximum absolute atomic E-state index is 11.5. The van der Waals surface area contributed by atoms with Gasteiger partial charge in [0.25, 0.3) is 0 Å². The Hall–Kier alpha value is -2.83.